The molecule has 0 radical (unpaired) electrons. The van der Waals surface area contributed by atoms with Gasteiger partial charge in [-0.3, -0.25) is 4.79 Å². The summed E-state index contributed by atoms with van der Waals surface area (Å²) >= 11 is 0. The Labute approximate surface area is 121 Å². The Morgan fingerprint density at radius 2 is 2.11 bits per heavy atom. The van der Waals surface area contributed by atoms with E-state index in [1.165, 1.54) is 5.56 Å². The highest BCUT2D eigenvalue weighted by molar-refractivity contribution is 5.85. The summed E-state index contributed by atoms with van der Waals surface area (Å²) < 4.78 is 0. The van der Waals surface area contributed by atoms with E-state index in [0.717, 1.165) is 32.5 Å². The Hall–Kier alpha value is -1.06. The highest BCUT2D eigenvalue weighted by Gasteiger charge is 2.25. The molecule has 3 nitrogen and oxygen atoms in total. The molecular weight excluding hydrogens is 260 g/mol. The maximum absolute atomic E-state index is 11.9. The van der Waals surface area contributed by atoms with Crippen LogP contribution in [-0.4, -0.2) is 37.5 Å². The van der Waals surface area contributed by atoms with Crippen molar-refractivity contribution < 1.29 is 4.79 Å². The van der Waals surface area contributed by atoms with Crippen LogP contribution in [0.1, 0.15) is 18.4 Å². The molecule has 2 rings (SSSR count). The Balaban J connectivity index is 0.00000180. The number of nitrogens with one attached hydrogen (secondary N) is 1. The smallest absolute Gasteiger partial charge is 0.223 e. The summed E-state index contributed by atoms with van der Waals surface area (Å²) in [6.07, 6.45) is 2.85. The zero-order valence-corrected chi connectivity index (χ0v) is 12.3. The van der Waals surface area contributed by atoms with E-state index in [1.807, 2.05) is 18.0 Å². The third kappa shape index (κ3) is 4.84. The molecule has 0 saturated carbocycles. The Kier molecular flexibility index (Phi) is 6.89. The van der Waals surface area contributed by atoms with Crippen molar-refractivity contribution in [2.75, 3.05) is 26.7 Å². The van der Waals surface area contributed by atoms with Gasteiger partial charge in [-0.2, -0.15) is 0 Å². The fraction of sp³-hybridized carbons (Fsp3) is 0.533. The molecule has 1 amide bonds. The third-order valence-corrected chi connectivity index (χ3v) is 3.59. The van der Waals surface area contributed by atoms with Crippen molar-refractivity contribution in [2.24, 2.45) is 5.92 Å². The molecule has 1 saturated heterocycles. The predicted molar refractivity (Wildman–Crippen MR) is 80.6 cm³/mol. The standard InChI is InChI=1S/C15H22N2O.ClH/c1-16-9-7-15(18)17-10-8-14(12-17)11-13-5-3-2-4-6-13;/h2-6,14,16H,7-12H2,1H3;1H. The summed E-state index contributed by atoms with van der Waals surface area (Å²) in [6.45, 7) is 2.64. The van der Waals surface area contributed by atoms with Crippen LogP contribution in [0.3, 0.4) is 0 Å². The number of hydrogen-bond donors (Lipinski definition) is 1. The lowest BCUT2D eigenvalue weighted by Gasteiger charge is -2.16. The minimum absolute atomic E-state index is 0. The minimum atomic E-state index is 0. The monoisotopic (exact) mass is 282 g/mol. The Morgan fingerprint density at radius 3 is 2.79 bits per heavy atom. The summed E-state index contributed by atoms with van der Waals surface area (Å²) in [5, 5.41) is 3.03. The molecule has 1 atom stereocenters. The lowest BCUT2D eigenvalue weighted by molar-refractivity contribution is -0.130. The molecular formula is C15H23ClN2O. The normalized spacial score (nSPS) is 18.2. The van der Waals surface area contributed by atoms with Crippen LogP contribution < -0.4 is 5.32 Å². The van der Waals surface area contributed by atoms with Crippen LogP contribution in [0.2, 0.25) is 0 Å². The molecule has 1 heterocycles. The summed E-state index contributed by atoms with van der Waals surface area (Å²) in [7, 11) is 1.88. The first-order valence-corrected chi connectivity index (χ1v) is 6.76. The van der Waals surface area contributed by atoms with Crippen molar-refractivity contribution in [3.8, 4) is 0 Å². The number of rotatable bonds is 5. The zero-order chi connectivity index (χ0) is 12.8. The van der Waals surface area contributed by atoms with E-state index in [2.05, 4.69) is 29.6 Å². The highest BCUT2D eigenvalue weighted by atomic mass is 35.5. The second-order valence-electron chi connectivity index (χ2n) is 5.04. The number of benzene rings is 1. The van der Waals surface area contributed by atoms with Gasteiger partial charge in [-0.1, -0.05) is 30.3 Å². The molecule has 0 aromatic heterocycles. The molecule has 19 heavy (non-hydrogen) atoms. The van der Waals surface area contributed by atoms with Crippen LogP contribution in [0, 0.1) is 5.92 Å². The number of halogens is 1. The average Bonchev–Trinajstić information content (AvgIpc) is 2.86. The number of likely N-dealkylation sites (tertiary alicyclic amines) is 1. The van der Waals surface area contributed by atoms with Gasteiger partial charge in [0.25, 0.3) is 0 Å². The topological polar surface area (TPSA) is 32.3 Å². The molecule has 1 fully saturated rings. The van der Waals surface area contributed by atoms with Gasteiger partial charge < -0.3 is 10.2 Å². The first kappa shape index (κ1) is 16.0. The molecule has 1 aromatic rings. The maximum Gasteiger partial charge on any atom is 0.223 e. The van der Waals surface area contributed by atoms with Crippen LogP contribution in [0.5, 0.6) is 0 Å². The molecule has 1 aliphatic rings. The van der Waals surface area contributed by atoms with Gasteiger partial charge in [0.05, 0.1) is 0 Å². The first-order valence-electron chi connectivity index (χ1n) is 6.76. The fourth-order valence-electron chi connectivity index (χ4n) is 2.56. The number of carbonyl (C=O) groups is 1. The molecule has 0 spiro atoms. The number of carbonyl (C=O) groups excluding carboxylic acids is 1. The lowest BCUT2D eigenvalue weighted by atomic mass is 9.99. The van der Waals surface area contributed by atoms with Crippen molar-refractivity contribution in [2.45, 2.75) is 19.3 Å². The average molecular weight is 283 g/mol. The van der Waals surface area contributed by atoms with Gasteiger partial charge in [-0.15, -0.1) is 12.4 Å². The SMILES string of the molecule is CNCCC(=O)N1CCC(Cc2ccccc2)C1.Cl. The molecule has 0 bridgehead atoms. The van der Waals surface area contributed by atoms with Gasteiger partial charge >= 0.3 is 0 Å². The molecule has 1 N–H and O–H groups in total. The molecule has 1 unspecified atom stereocenters. The largest absolute Gasteiger partial charge is 0.342 e. The quantitative estimate of drug-likeness (QED) is 0.897. The summed E-state index contributed by atoms with van der Waals surface area (Å²) in [5.74, 6) is 0.922. The zero-order valence-electron chi connectivity index (χ0n) is 11.5. The Morgan fingerprint density at radius 1 is 1.37 bits per heavy atom. The number of nitrogens with zero attached hydrogens (tertiary/aromatic N) is 1. The van der Waals surface area contributed by atoms with E-state index in [1.54, 1.807) is 0 Å². The van der Waals surface area contributed by atoms with E-state index in [0.29, 0.717) is 18.2 Å². The van der Waals surface area contributed by atoms with Gasteiger partial charge in [0.15, 0.2) is 0 Å². The van der Waals surface area contributed by atoms with Crippen molar-refractivity contribution >= 4 is 18.3 Å². The van der Waals surface area contributed by atoms with Crippen molar-refractivity contribution in [3.63, 3.8) is 0 Å². The summed E-state index contributed by atoms with van der Waals surface area (Å²) in [6, 6.07) is 10.6. The van der Waals surface area contributed by atoms with Crippen LogP contribution in [-0.2, 0) is 11.2 Å². The predicted octanol–water partition coefficient (Wildman–Crippen LogP) is 2.11. The van der Waals surface area contributed by atoms with Gasteiger partial charge in [0.2, 0.25) is 5.91 Å². The van der Waals surface area contributed by atoms with Crippen molar-refractivity contribution in [3.05, 3.63) is 35.9 Å². The van der Waals surface area contributed by atoms with Gasteiger partial charge in [0.1, 0.15) is 0 Å². The lowest BCUT2D eigenvalue weighted by Crippen LogP contribution is -2.31. The molecule has 106 valence electrons. The second kappa shape index (κ2) is 8.18. The fourth-order valence-corrected chi connectivity index (χ4v) is 2.56. The van der Waals surface area contributed by atoms with Crippen LogP contribution in [0.4, 0.5) is 0 Å². The molecule has 0 aliphatic carbocycles. The molecule has 4 heteroatoms. The van der Waals surface area contributed by atoms with Crippen LogP contribution in [0.25, 0.3) is 0 Å². The Bertz CT molecular complexity index is 383. The minimum Gasteiger partial charge on any atom is -0.342 e. The van der Waals surface area contributed by atoms with Crippen LogP contribution >= 0.6 is 12.4 Å². The van der Waals surface area contributed by atoms with E-state index < -0.39 is 0 Å². The number of hydrogen-bond acceptors (Lipinski definition) is 2. The summed E-state index contributed by atoms with van der Waals surface area (Å²) in [5.41, 5.74) is 1.38. The van der Waals surface area contributed by atoms with Crippen molar-refractivity contribution in [1.82, 2.24) is 10.2 Å². The summed E-state index contributed by atoms with van der Waals surface area (Å²) in [4.78, 5) is 13.9. The van der Waals surface area contributed by atoms with E-state index in [4.69, 9.17) is 0 Å². The van der Waals surface area contributed by atoms with E-state index in [9.17, 15) is 4.79 Å². The van der Waals surface area contributed by atoms with Crippen LogP contribution in [0.15, 0.2) is 30.3 Å². The number of amides is 1. The van der Waals surface area contributed by atoms with E-state index >= 15 is 0 Å². The van der Waals surface area contributed by atoms with Gasteiger partial charge in [-0.05, 0) is 31.4 Å². The van der Waals surface area contributed by atoms with E-state index in [-0.39, 0.29) is 12.4 Å². The van der Waals surface area contributed by atoms with Crippen molar-refractivity contribution in [1.29, 1.82) is 0 Å². The highest BCUT2D eigenvalue weighted by Crippen LogP contribution is 2.21. The molecule has 1 aromatic carbocycles. The van der Waals surface area contributed by atoms with Gasteiger partial charge in [0, 0.05) is 26.1 Å². The maximum atomic E-state index is 11.9. The second-order valence-corrected chi connectivity index (χ2v) is 5.04. The third-order valence-electron chi connectivity index (χ3n) is 3.59. The molecule has 1 aliphatic heterocycles. The van der Waals surface area contributed by atoms with Gasteiger partial charge in [-0.25, -0.2) is 0 Å². The first-order chi connectivity index (χ1) is 8.79.